The number of carbonyl (C=O) groups is 2. The minimum absolute atomic E-state index is 0.00489. The molecule has 0 radical (unpaired) electrons. The number of amides is 2. The highest BCUT2D eigenvalue weighted by molar-refractivity contribution is 5.80. The number of likely N-dealkylation sites (tertiary alicyclic amines) is 2. The molecule has 24 heavy (non-hydrogen) atoms. The fraction of sp³-hybridized carbons (Fsp3) is 0.579. The second-order valence-electron chi connectivity index (χ2n) is 7.16. The summed E-state index contributed by atoms with van der Waals surface area (Å²) in [5.41, 5.74) is 1.21. The molecule has 130 valence electrons. The molecule has 3 atom stereocenters. The lowest BCUT2D eigenvalue weighted by Crippen LogP contribution is -2.35. The van der Waals surface area contributed by atoms with Gasteiger partial charge in [0, 0.05) is 32.6 Å². The van der Waals surface area contributed by atoms with Gasteiger partial charge in [-0.1, -0.05) is 30.3 Å². The van der Waals surface area contributed by atoms with Crippen molar-refractivity contribution in [3.63, 3.8) is 0 Å². The monoisotopic (exact) mass is 329 g/mol. The molecule has 0 spiro atoms. The molecule has 1 N–H and O–H groups in total. The summed E-state index contributed by atoms with van der Waals surface area (Å²) in [6.07, 6.45) is 2.39. The first-order chi connectivity index (χ1) is 11.6. The third kappa shape index (κ3) is 3.61. The van der Waals surface area contributed by atoms with Crippen LogP contribution in [-0.4, -0.2) is 55.3 Å². The van der Waals surface area contributed by atoms with Gasteiger partial charge in [0.1, 0.15) is 0 Å². The number of nitrogens with one attached hydrogen (secondary N) is 1. The summed E-state index contributed by atoms with van der Waals surface area (Å²) in [5.74, 6) is 0.739. The van der Waals surface area contributed by atoms with E-state index in [0.29, 0.717) is 18.9 Å². The van der Waals surface area contributed by atoms with Gasteiger partial charge in [-0.05, 0) is 37.9 Å². The largest absolute Gasteiger partial charge is 0.356 e. The van der Waals surface area contributed by atoms with Crippen molar-refractivity contribution in [2.24, 2.45) is 11.8 Å². The Kier molecular flexibility index (Phi) is 5.19. The van der Waals surface area contributed by atoms with Crippen LogP contribution in [0.25, 0.3) is 0 Å². The Morgan fingerprint density at radius 3 is 2.67 bits per heavy atom. The summed E-state index contributed by atoms with van der Waals surface area (Å²) in [7, 11) is 3.94. The summed E-state index contributed by atoms with van der Waals surface area (Å²) in [6, 6.07) is 10.4. The highest BCUT2D eigenvalue weighted by Gasteiger charge is 2.37. The molecule has 2 saturated heterocycles. The Bertz CT molecular complexity index is 590. The predicted octanol–water partition coefficient (Wildman–Crippen LogP) is 1.66. The van der Waals surface area contributed by atoms with Crippen LogP contribution in [0.1, 0.15) is 30.9 Å². The van der Waals surface area contributed by atoms with Crippen molar-refractivity contribution in [2.75, 3.05) is 33.7 Å². The number of rotatable bonds is 5. The molecule has 0 aliphatic carbocycles. The number of nitrogens with zero attached hydrogens (tertiary/aromatic N) is 2. The van der Waals surface area contributed by atoms with Crippen LogP contribution in [0.15, 0.2) is 30.3 Å². The van der Waals surface area contributed by atoms with Gasteiger partial charge in [-0.15, -0.1) is 0 Å². The fourth-order valence-electron chi connectivity index (χ4n) is 4.04. The quantitative estimate of drug-likeness (QED) is 0.894. The molecule has 2 aliphatic heterocycles. The van der Waals surface area contributed by atoms with Crippen LogP contribution >= 0.6 is 0 Å². The highest BCUT2D eigenvalue weighted by atomic mass is 16.2. The first-order valence-electron chi connectivity index (χ1n) is 8.83. The molecular formula is C19H27N3O2. The second-order valence-corrected chi connectivity index (χ2v) is 7.16. The van der Waals surface area contributed by atoms with Crippen LogP contribution in [0.3, 0.4) is 0 Å². The fourth-order valence-corrected chi connectivity index (χ4v) is 4.04. The minimum atomic E-state index is 0.00489. The molecule has 1 aromatic carbocycles. The zero-order valence-corrected chi connectivity index (χ0v) is 14.6. The molecular weight excluding hydrogens is 302 g/mol. The molecule has 1 unspecified atom stereocenters. The topological polar surface area (TPSA) is 52.7 Å². The van der Waals surface area contributed by atoms with Crippen LogP contribution in [-0.2, 0) is 9.59 Å². The molecule has 2 heterocycles. The summed E-state index contributed by atoms with van der Waals surface area (Å²) in [5, 5.41) is 3.11. The lowest BCUT2D eigenvalue weighted by Gasteiger charge is -2.25. The van der Waals surface area contributed by atoms with Gasteiger partial charge in [-0.3, -0.25) is 14.5 Å². The van der Waals surface area contributed by atoms with Crippen molar-refractivity contribution < 1.29 is 9.59 Å². The first kappa shape index (κ1) is 17.0. The van der Waals surface area contributed by atoms with Crippen LogP contribution in [0.2, 0.25) is 0 Å². The third-order valence-electron chi connectivity index (χ3n) is 5.40. The third-order valence-corrected chi connectivity index (χ3v) is 5.40. The van der Waals surface area contributed by atoms with Crippen molar-refractivity contribution >= 4 is 11.8 Å². The van der Waals surface area contributed by atoms with E-state index in [0.717, 1.165) is 25.9 Å². The normalized spacial score (nSPS) is 27.7. The van der Waals surface area contributed by atoms with Gasteiger partial charge in [0.25, 0.3) is 0 Å². The molecule has 2 aliphatic rings. The lowest BCUT2D eigenvalue weighted by molar-refractivity contribution is -0.126. The number of benzene rings is 1. The zero-order valence-electron chi connectivity index (χ0n) is 14.6. The summed E-state index contributed by atoms with van der Waals surface area (Å²) < 4.78 is 0. The van der Waals surface area contributed by atoms with Crippen LogP contribution in [0, 0.1) is 11.8 Å². The van der Waals surface area contributed by atoms with Gasteiger partial charge >= 0.3 is 0 Å². The molecule has 0 bridgehead atoms. The van der Waals surface area contributed by atoms with E-state index in [1.165, 1.54) is 5.56 Å². The van der Waals surface area contributed by atoms with Gasteiger partial charge in [-0.25, -0.2) is 0 Å². The molecule has 3 rings (SSSR count). The second kappa shape index (κ2) is 7.34. The highest BCUT2D eigenvalue weighted by Crippen LogP contribution is 2.36. The van der Waals surface area contributed by atoms with E-state index in [4.69, 9.17) is 0 Å². The minimum Gasteiger partial charge on any atom is -0.356 e. The summed E-state index contributed by atoms with van der Waals surface area (Å²) >= 11 is 0. The summed E-state index contributed by atoms with van der Waals surface area (Å²) in [4.78, 5) is 28.3. The Hall–Kier alpha value is -1.88. The molecule has 0 aromatic heterocycles. The zero-order chi connectivity index (χ0) is 17.1. The van der Waals surface area contributed by atoms with Gasteiger partial charge in [0.05, 0.1) is 5.92 Å². The first-order valence-corrected chi connectivity index (χ1v) is 8.83. The molecule has 2 fully saturated rings. The average Bonchev–Trinajstić information content (AvgIpc) is 3.11. The van der Waals surface area contributed by atoms with Crippen molar-refractivity contribution in [1.29, 1.82) is 0 Å². The molecule has 2 amide bonds. The smallest absolute Gasteiger partial charge is 0.225 e. The number of hydrogen-bond donors (Lipinski definition) is 1. The van der Waals surface area contributed by atoms with Gasteiger partial charge in [-0.2, -0.15) is 0 Å². The van der Waals surface area contributed by atoms with Gasteiger partial charge in [0.15, 0.2) is 0 Å². The van der Waals surface area contributed by atoms with Crippen LogP contribution in [0.5, 0.6) is 0 Å². The lowest BCUT2D eigenvalue weighted by atomic mass is 9.93. The molecule has 0 saturated carbocycles. The van der Waals surface area contributed by atoms with E-state index in [1.54, 1.807) is 4.90 Å². The number of carbonyl (C=O) groups excluding carboxylic acids is 2. The van der Waals surface area contributed by atoms with Gasteiger partial charge < -0.3 is 10.2 Å². The van der Waals surface area contributed by atoms with E-state index >= 15 is 0 Å². The van der Waals surface area contributed by atoms with E-state index in [2.05, 4.69) is 29.4 Å². The molecule has 5 nitrogen and oxygen atoms in total. The standard InChI is InChI=1S/C19H27N3O2/c1-21-11-9-16(18(21)15-6-4-3-5-7-15)19(24)20-10-8-14-12-17(23)22(2)13-14/h3-7,14,16,18H,8-13H2,1-2H3,(H,20,24)/t14?,16-,18-/m0/s1. The summed E-state index contributed by atoms with van der Waals surface area (Å²) in [6.45, 7) is 2.42. The molecule has 1 aromatic rings. The van der Waals surface area contributed by atoms with Crippen molar-refractivity contribution in [1.82, 2.24) is 15.1 Å². The van der Waals surface area contributed by atoms with Crippen molar-refractivity contribution in [3.8, 4) is 0 Å². The van der Waals surface area contributed by atoms with Gasteiger partial charge in [0.2, 0.25) is 11.8 Å². The maximum Gasteiger partial charge on any atom is 0.225 e. The predicted molar refractivity (Wildman–Crippen MR) is 93.3 cm³/mol. The van der Waals surface area contributed by atoms with E-state index < -0.39 is 0 Å². The van der Waals surface area contributed by atoms with Crippen LogP contribution < -0.4 is 5.32 Å². The van der Waals surface area contributed by atoms with E-state index in [-0.39, 0.29) is 23.8 Å². The Morgan fingerprint density at radius 2 is 2.00 bits per heavy atom. The average molecular weight is 329 g/mol. The molecule has 5 heteroatoms. The Morgan fingerprint density at radius 1 is 1.25 bits per heavy atom. The van der Waals surface area contributed by atoms with E-state index in [1.807, 2.05) is 25.2 Å². The number of hydrogen-bond acceptors (Lipinski definition) is 3. The van der Waals surface area contributed by atoms with Crippen LogP contribution in [0.4, 0.5) is 0 Å². The Labute approximate surface area is 144 Å². The maximum absolute atomic E-state index is 12.7. The van der Waals surface area contributed by atoms with Crippen molar-refractivity contribution in [3.05, 3.63) is 35.9 Å². The van der Waals surface area contributed by atoms with Crippen molar-refractivity contribution in [2.45, 2.75) is 25.3 Å². The Balaban J connectivity index is 1.53. The van der Waals surface area contributed by atoms with E-state index in [9.17, 15) is 9.59 Å². The maximum atomic E-state index is 12.7. The SMILES string of the molecule is CN1CC(CCNC(=O)[C@H]2CCN(C)[C@H]2c2ccccc2)CC1=O.